The van der Waals surface area contributed by atoms with Crippen LogP contribution in [0.5, 0.6) is 0 Å². The minimum absolute atomic E-state index is 0.0956. The second-order valence-corrected chi connectivity index (χ2v) is 6.03. The highest BCUT2D eigenvalue weighted by Crippen LogP contribution is 2.36. The van der Waals surface area contributed by atoms with Gasteiger partial charge in [-0.05, 0) is 44.7 Å². The molecule has 1 aromatic carbocycles. The van der Waals surface area contributed by atoms with Crippen LogP contribution in [0, 0.1) is 0 Å². The van der Waals surface area contributed by atoms with Crippen LogP contribution in [-0.2, 0) is 16.8 Å². The van der Waals surface area contributed by atoms with Crippen LogP contribution in [0.3, 0.4) is 0 Å². The molecule has 0 bridgehead atoms. The van der Waals surface area contributed by atoms with Crippen molar-refractivity contribution in [3.63, 3.8) is 0 Å². The standard InChI is InChI=1S/C15H21NO2/c1-14(2,18)10-13(17)16-15(3)9-8-11-6-4-5-7-12(11)15/h4-7,18H,8-10H2,1-3H3,(H,16,17). The number of carbonyl (C=O) groups is 1. The van der Waals surface area contributed by atoms with Crippen molar-refractivity contribution in [3.05, 3.63) is 35.4 Å². The van der Waals surface area contributed by atoms with Gasteiger partial charge in [0.1, 0.15) is 0 Å². The Morgan fingerprint density at radius 3 is 2.78 bits per heavy atom. The molecule has 1 atom stereocenters. The summed E-state index contributed by atoms with van der Waals surface area (Å²) >= 11 is 0. The van der Waals surface area contributed by atoms with Gasteiger partial charge in [-0.3, -0.25) is 4.79 Å². The maximum Gasteiger partial charge on any atom is 0.223 e. The van der Waals surface area contributed by atoms with Gasteiger partial charge in [0.25, 0.3) is 0 Å². The molecular formula is C15H21NO2. The van der Waals surface area contributed by atoms with Crippen LogP contribution in [-0.4, -0.2) is 16.6 Å². The van der Waals surface area contributed by atoms with Gasteiger partial charge in [0.05, 0.1) is 17.6 Å². The minimum atomic E-state index is -0.960. The summed E-state index contributed by atoms with van der Waals surface area (Å²) < 4.78 is 0. The Morgan fingerprint density at radius 1 is 1.44 bits per heavy atom. The van der Waals surface area contributed by atoms with Crippen LogP contribution in [0.1, 0.15) is 44.7 Å². The lowest BCUT2D eigenvalue weighted by Crippen LogP contribution is -2.44. The Hall–Kier alpha value is -1.35. The van der Waals surface area contributed by atoms with E-state index in [4.69, 9.17) is 0 Å². The summed E-state index contributed by atoms with van der Waals surface area (Å²) in [5.74, 6) is -0.0956. The smallest absolute Gasteiger partial charge is 0.223 e. The second-order valence-electron chi connectivity index (χ2n) is 6.03. The van der Waals surface area contributed by atoms with Crippen molar-refractivity contribution in [2.75, 3.05) is 0 Å². The maximum atomic E-state index is 12.0. The number of fused-ring (bicyclic) bond motifs is 1. The largest absolute Gasteiger partial charge is 0.390 e. The third-order valence-electron chi connectivity index (χ3n) is 3.51. The molecule has 1 aliphatic rings. The summed E-state index contributed by atoms with van der Waals surface area (Å²) in [7, 11) is 0. The second kappa shape index (κ2) is 4.39. The molecule has 0 aromatic heterocycles. The molecule has 2 N–H and O–H groups in total. The van der Waals surface area contributed by atoms with Crippen molar-refractivity contribution >= 4 is 5.91 Å². The topological polar surface area (TPSA) is 49.3 Å². The maximum absolute atomic E-state index is 12.0. The summed E-state index contributed by atoms with van der Waals surface area (Å²) in [6.07, 6.45) is 2.05. The number of rotatable bonds is 3. The van der Waals surface area contributed by atoms with Crippen molar-refractivity contribution in [1.82, 2.24) is 5.32 Å². The zero-order valence-corrected chi connectivity index (χ0v) is 11.3. The summed E-state index contributed by atoms with van der Waals surface area (Å²) in [5.41, 5.74) is 1.26. The third-order valence-corrected chi connectivity index (χ3v) is 3.51. The number of aryl methyl sites for hydroxylation is 1. The summed E-state index contributed by atoms with van der Waals surface area (Å²) in [6, 6.07) is 8.23. The van der Waals surface area contributed by atoms with Gasteiger partial charge in [0, 0.05) is 0 Å². The van der Waals surface area contributed by atoms with E-state index in [2.05, 4.69) is 24.4 Å². The average molecular weight is 247 g/mol. The number of carbonyl (C=O) groups excluding carboxylic acids is 1. The highest BCUT2D eigenvalue weighted by atomic mass is 16.3. The first kappa shape index (κ1) is 13.1. The van der Waals surface area contributed by atoms with E-state index in [0.29, 0.717) is 0 Å². The molecule has 1 aromatic rings. The van der Waals surface area contributed by atoms with E-state index >= 15 is 0 Å². The van der Waals surface area contributed by atoms with E-state index in [1.165, 1.54) is 11.1 Å². The minimum Gasteiger partial charge on any atom is -0.390 e. The number of hydrogen-bond donors (Lipinski definition) is 2. The van der Waals surface area contributed by atoms with Gasteiger partial charge in [0.15, 0.2) is 0 Å². The number of nitrogens with one attached hydrogen (secondary N) is 1. The Kier molecular flexibility index (Phi) is 3.20. The van der Waals surface area contributed by atoms with E-state index < -0.39 is 5.60 Å². The molecule has 1 unspecified atom stereocenters. The first-order chi connectivity index (χ1) is 8.30. The predicted molar refractivity (Wildman–Crippen MR) is 71.2 cm³/mol. The molecule has 3 heteroatoms. The van der Waals surface area contributed by atoms with E-state index in [0.717, 1.165) is 12.8 Å². The van der Waals surface area contributed by atoms with Crippen molar-refractivity contribution in [2.45, 2.75) is 51.2 Å². The first-order valence-corrected chi connectivity index (χ1v) is 6.42. The molecule has 0 saturated heterocycles. The van der Waals surface area contributed by atoms with Crippen LogP contribution in [0.15, 0.2) is 24.3 Å². The third kappa shape index (κ3) is 2.72. The van der Waals surface area contributed by atoms with E-state index in [-0.39, 0.29) is 17.9 Å². The van der Waals surface area contributed by atoms with Crippen LogP contribution in [0.2, 0.25) is 0 Å². The molecule has 98 valence electrons. The van der Waals surface area contributed by atoms with Gasteiger partial charge in [-0.2, -0.15) is 0 Å². The number of hydrogen-bond acceptors (Lipinski definition) is 2. The summed E-state index contributed by atoms with van der Waals surface area (Å²) in [4.78, 5) is 12.0. The zero-order chi connectivity index (χ0) is 13.4. The molecule has 2 rings (SSSR count). The molecule has 0 heterocycles. The molecular weight excluding hydrogens is 226 g/mol. The van der Waals surface area contributed by atoms with Gasteiger partial charge in [-0.1, -0.05) is 24.3 Å². The number of aliphatic hydroxyl groups is 1. The Labute approximate surface area is 108 Å². The van der Waals surface area contributed by atoms with Crippen LogP contribution in [0.4, 0.5) is 0 Å². The number of amides is 1. The van der Waals surface area contributed by atoms with Crippen molar-refractivity contribution < 1.29 is 9.90 Å². The van der Waals surface area contributed by atoms with E-state index in [9.17, 15) is 9.90 Å². The highest BCUT2D eigenvalue weighted by molar-refractivity contribution is 5.78. The highest BCUT2D eigenvalue weighted by Gasteiger charge is 2.35. The van der Waals surface area contributed by atoms with Gasteiger partial charge in [0.2, 0.25) is 5.91 Å². The Morgan fingerprint density at radius 2 is 2.11 bits per heavy atom. The molecule has 0 aliphatic heterocycles. The van der Waals surface area contributed by atoms with Gasteiger partial charge in [-0.15, -0.1) is 0 Å². The summed E-state index contributed by atoms with van der Waals surface area (Å²) in [6.45, 7) is 5.36. The fourth-order valence-electron chi connectivity index (χ4n) is 2.67. The predicted octanol–water partition coefficient (Wildman–Crippen LogP) is 2.13. The zero-order valence-electron chi connectivity index (χ0n) is 11.3. The monoisotopic (exact) mass is 247 g/mol. The lowest BCUT2D eigenvalue weighted by atomic mass is 9.93. The lowest BCUT2D eigenvalue weighted by molar-refractivity contribution is -0.126. The van der Waals surface area contributed by atoms with Gasteiger partial charge in [-0.25, -0.2) is 0 Å². The van der Waals surface area contributed by atoms with Crippen molar-refractivity contribution in [2.24, 2.45) is 0 Å². The van der Waals surface area contributed by atoms with Crippen LogP contribution < -0.4 is 5.32 Å². The SMILES string of the molecule is CC(C)(O)CC(=O)NC1(C)CCc2ccccc21. The molecule has 18 heavy (non-hydrogen) atoms. The fourth-order valence-corrected chi connectivity index (χ4v) is 2.67. The molecule has 0 saturated carbocycles. The quantitative estimate of drug-likeness (QED) is 0.859. The summed E-state index contributed by atoms with van der Waals surface area (Å²) in [5, 5.41) is 12.7. The molecule has 1 aliphatic carbocycles. The van der Waals surface area contributed by atoms with E-state index in [1.807, 2.05) is 12.1 Å². The van der Waals surface area contributed by atoms with Gasteiger partial charge >= 0.3 is 0 Å². The molecule has 3 nitrogen and oxygen atoms in total. The molecule has 0 spiro atoms. The normalized spacial score (nSPS) is 22.7. The van der Waals surface area contributed by atoms with Crippen molar-refractivity contribution in [1.29, 1.82) is 0 Å². The van der Waals surface area contributed by atoms with E-state index in [1.54, 1.807) is 13.8 Å². The first-order valence-electron chi connectivity index (χ1n) is 6.42. The van der Waals surface area contributed by atoms with Crippen molar-refractivity contribution in [3.8, 4) is 0 Å². The lowest BCUT2D eigenvalue weighted by Gasteiger charge is -2.28. The molecule has 0 radical (unpaired) electrons. The Balaban J connectivity index is 2.13. The molecule has 0 fully saturated rings. The van der Waals surface area contributed by atoms with Gasteiger partial charge < -0.3 is 10.4 Å². The molecule has 1 amide bonds. The van der Waals surface area contributed by atoms with Crippen LogP contribution >= 0.6 is 0 Å². The fraction of sp³-hybridized carbons (Fsp3) is 0.533. The average Bonchev–Trinajstić information content (AvgIpc) is 2.54. The number of benzene rings is 1. The Bertz CT molecular complexity index is 462. The van der Waals surface area contributed by atoms with Crippen LogP contribution in [0.25, 0.3) is 0 Å².